The van der Waals surface area contributed by atoms with Gasteiger partial charge in [-0.3, -0.25) is 0 Å². The summed E-state index contributed by atoms with van der Waals surface area (Å²) in [6, 6.07) is 2.40. The van der Waals surface area contributed by atoms with E-state index in [-0.39, 0.29) is 0 Å². The Morgan fingerprint density at radius 1 is 1.32 bits per heavy atom. The van der Waals surface area contributed by atoms with Crippen LogP contribution < -0.4 is 11.1 Å². The second-order valence-electron chi connectivity index (χ2n) is 5.28. The number of nitrogens with two attached hydrogens (primary N) is 1. The van der Waals surface area contributed by atoms with Gasteiger partial charge < -0.3 is 15.8 Å². The number of fused-ring (bicyclic) bond motifs is 1. The van der Waals surface area contributed by atoms with E-state index in [1.807, 2.05) is 11.4 Å². The summed E-state index contributed by atoms with van der Waals surface area (Å²) in [6.07, 6.45) is 3.96. The first-order chi connectivity index (χ1) is 9.31. The average molecular weight is 276 g/mol. The van der Waals surface area contributed by atoms with Crippen LogP contribution in [0.1, 0.15) is 19.3 Å². The first kappa shape index (κ1) is 11.4. The second kappa shape index (κ2) is 4.31. The van der Waals surface area contributed by atoms with Gasteiger partial charge in [0.05, 0.1) is 17.5 Å². The molecule has 100 valence electrons. The van der Waals surface area contributed by atoms with Crippen LogP contribution in [0.3, 0.4) is 0 Å². The number of rotatable bonds is 3. The topological polar surface area (TPSA) is 73.1 Å². The third-order valence-corrected chi connectivity index (χ3v) is 4.69. The van der Waals surface area contributed by atoms with Crippen LogP contribution in [0.25, 0.3) is 10.2 Å². The van der Waals surface area contributed by atoms with Crippen molar-refractivity contribution in [3.63, 3.8) is 0 Å². The third kappa shape index (κ3) is 2.04. The van der Waals surface area contributed by atoms with E-state index in [1.165, 1.54) is 12.8 Å². The van der Waals surface area contributed by atoms with Gasteiger partial charge in [0, 0.05) is 6.61 Å². The molecule has 2 unspecified atom stereocenters. The fourth-order valence-electron chi connectivity index (χ4n) is 2.81. The van der Waals surface area contributed by atoms with Crippen molar-refractivity contribution >= 4 is 33.3 Å². The summed E-state index contributed by atoms with van der Waals surface area (Å²) >= 11 is 1.59. The minimum atomic E-state index is 0.333. The molecule has 1 aliphatic heterocycles. The Bertz CT molecular complexity index is 610. The molecule has 2 aromatic rings. The number of nitrogens with one attached hydrogen (secondary N) is 1. The Kier molecular flexibility index (Phi) is 2.60. The molecule has 1 aliphatic carbocycles. The van der Waals surface area contributed by atoms with Crippen LogP contribution in [0, 0.1) is 5.92 Å². The quantitative estimate of drug-likeness (QED) is 0.899. The molecule has 0 amide bonds. The van der Waals surface area contributed by atoms with Crippen LogP contribution in [0.2, 0.25) is 0 Å². The lowest BCUT2D eigenvalue weighted by atomic mass is 10.1. The highest BCUT2D eigenvalue weighted by Gasteiger charge is 2.40. The van der Waals surface area contributed by atoms with Gasteiger partial charge in [-0.1, -0.05) is 0 Å². The van der Waals surface area contributed by atoms with Crippen LogP contribution in [-0.2, 0) is 4.74 Å². The molecular formula is C13H16N4OS. The molecule has 4 rings (SSSR count). The van der Waals surface area contributed by atoms with Crippen molar-refractivity contribution < 1.29 is 4.74 Å². The zero-order chi connectivity index (χ0) is 12.8. The predicted molar refractivity (Wildman–Crippen MR) is 76.3 cm³/mol. The van der Waals surface area contributed by atoms with Crippen molar-refractivity contribution in [1.29, 1.82) is 0 Å². The van der Waals surface area contributed by atoms with Gasteiger partial charge in [0.15, 0.2) is 0 Å². The number of nitrogen functional groups attached to an aromatic ring is 1. The van der Waals surface area contributed by atoms with E-state index in [9.17, 15) is 0 Å². The largest absolute Gasteiger partial charge is 0.376 e. The number of nitrogens with zero attached hydrogens (tertiary/aromatic N) is 2. The molecule has 1 saturated carbocycles. The molecule has 6 heteroatoms. The maximum atomic E-state index is 5.85. The summed E-state index contributed by atoms with van der Waals surface area (Å²) in [5.74, 6) is 1.92. The molecule has 3 heterocycles. The summed E-state index contributed by atoms with van der Waals surface area (Å²) in [5.41, 5.74) is 5.78. The Labute approximate surface area is 115 Å². The van der Waals surface area contributed by atoms with Crippen LogP contribution in [0.5, 0.6) is 0 Å². The second-order valence-corrected chi connectivity index (χ2v) is 6.18. The van der Waals surface area contributed by atoms with Crippen molar-refractivity contribution in [2.24, 2.45) is 5.92 Å². The van der Waals surface area contributed by atoms with Gasteiger partial charge in [0.25, 0.3) is 0 Å². The first-order valence-electron chi connectivity index (χ1n) is 6.70. The summed E-state index contributed by atoms with van der Waals surface area (Å²) in [4.78, 5) is 9.55. The van der Waals surface area contributed by atoms with Gasteiger partial charge in [-0.25, -0.2) is 4.98 Å². The molecule has 2 aliphatic rings. The summed E-state index contributed by atoms with van der Waals surface area (Å²) < 4.78 is 5.85. The lowest BCUT2D eigenvalue weighted by Gasteiger charge is -2.20. The highest BCUT2D eigenvalue weighted by molar-refractivity contribution is 7.16. The minimum Gasteiger partial charge on any atom is -0.376 e. The highest BCUT2D eigenvalue weighted by Crippen LogP contribution is 2.40. The molecular weight excluding hydrogens is 260 g/mol. The first-order valence-corrected chi connectivity index (χ1v) is 7.58. The Morgan fingerprint density at radius 2 is 2.21 bits per heavy atom. The number of anilines is 2. The van der Waals surface area contributed by atoms with Crippen molar-refractivity contribution in [2.75, 3.05) is 17.7 Å². The van der Waals surface area contributed by atoms with Crippen molar-refractivity contribution in [2.45, 2.75) is 31.4 Å². The number of thiophene rings is 1. The maximum absolute atomic E-state index is 5.85. The highest BCUT2D eigenvalue weighted by atomic mass is 32.1. The van der Waals surface area contributed by atoms with E-state index in [0.29, 0.717) is 18.1 Å². The van der Waals surface area contributed by atoms with Crippen LogP contribution in [0.4, 0.5) is 11.8 Å². The fourth-order valence-corrected chi connectivity index (χ4v) is 3.58. The Balaban J connectivity index is 1.65. The summed E-state index contributed by atoms with van der Waals surface area (Å²) in [6.45, 7) is 0.839. The SMILES string of the molecule is Nc1nc(NC2CCOC2C2CC2)c2ccsc2n1. The predicted octanol–water partition coefficient (Wildman–Crippen LogP) is 2.25. The lowest BCUT2D eigenvalue weighted by molar-refractivity contribution is 0.0898. The average Bonchev–Trinajstić information content (AvgIpc) is 2.94. The number of hydrogen-bond donors (Lipinski definition) is 2. The molecule has 0 bridgehead atoms. The Hall–Kier alpha value is -1.40. The lowest BCUT2D eigenvalue weighted by Crippen LogP contribution is -2.31. The van der Waals surface area contributed by atoms with Gasteiger partial charge >= 0.3 is 0 Å². The monoisotopic (exact) mass is 276 g/mol. The smallest absolute Gasteiger partial charge is 0.223 e. The van der Waals surface area contributed by atoms with Gasteiger partial charge in [-0.15, -0.1) is 11.3 Å². The molecule has 2 fully saturated rings. The third-order valence-electron chi connectivity index (χ3n) is 3.89. The molecule has 0 spiro atoms. The van der Waals surface area contributed by atoms with Crippen LogP contribution in [-0.4, -0.2) is 28.7 Å². The molecule has 2 atom stereocenters. The maximum Gasteiger partial charge on any atom is 0.223 e. The van der Waals surface area contributed by atoms with Gasteiger partial charge in [-0.2, -0.15) is 4.98 Å². The van der Waals surface area contributed by atoms with Crippen molar-refractivity contribution in [3.05, 3.63) is 11.4 Å². The molecule has 1 saturated heterocycles. The molecule has 0 radical (unpaired) electrons. The minimum absolute atomic E-state index is 0.333. The standard InChI is InChI=1S/C13H16N4OS/c14-13-16-11(8-4-6-19-12(8)17-13)15-9-3-5-18-10(9)7-1-2-7/h4,6-7,9-10H,1-3,5H2,(H3,14,15,16,17). The zero-order valence-electron chi connectivity index (χ0n) is 10.5. The normalized spacial score (nSPS) is 26.9. The van der Waals surface area contributed by atoms with Gasteiger partial charge in [0.1, 0.15) is 10.6 Å². The number of hydrogen-bond acceptors (Lipinski definition) is 6. The van der Waals surface area contributed by atoms with E-state index in [1.54, 1.807) is 11.3 Å². The van der Waals surface area contributed by atoms with E-state index in [4.69, 9.17) is 10.5 Å². The van der Waals surface area contributed by atoms with E-state index >= 15 is 0 Å². The molecule has 5 nitrogen and oxygen atoms in total. The summed E-state index contributed by atoms with van der Waals surface area (Å²) in [5, 5.41) is 6.61. The van der Waals surface area contributed by atoms with Gasteiger partial charge in [0.2, 0.25) is 5.95 Å². The summed E-state index contributed by atoms with van der Waals surface area (Å²) in [7, 11) is 0. The van der Waals surface area contributed by atoms with Crippen LogP contribution in [0.15, 0.2) is 11.4 Å². The van der Waals surface area contributed by atoms with E-state index < -0.39 is 0 Å². The molecule has 0 aromatic carbocycles. The van der Waals surface area contributed by atoms with Crippen molar-refractivity contribution in [3.8, 4) is 0 Å². The zero-order valence-corrected chi connectivity index (χ0v) is 11.3. The Morgan fingerprint density at radius 3 is 3.05 bits per heavy atom. The van der Waals surface area contributed by atoms with Crippen LogP contribution >= 0.6 is 11.3 Å². The molecule has 3 N–H and O–H groups in total. The van der Waals surface area contributed by atoms with E-state index in [0.717, 1.165) is 35.0 Å². The fraction of sp³-hybridized carbons (Fsp3) is 0.538. The molecule has 2 aromatic heterocycles. The molecule has 19 heavy (non-hydrogen) atoms. The van der Waals surface area contributed by atoms with Gasteiger partial charge in [-0.05, 0) is 36.6 Å². The van der Waals surface area contributed by atoms with E-state index in [2.05, 4.69) is 15.3 Å². The number of aromatic nitrogens is 2. The van der Waals surface area contributed by atoms with Crippen molar-refractivity contribution in [1.82, 2.24) is 9.97 Å². The number of ether oxygens (including phenoxy) is 1.